The number of carbonyl (C=O) groups is 1. The predicted molar refractivity (Wildman–Crippen MR) is 65.4 cm³/mol. The lowest BCUT2D eigenvalue weighted by molar-refractivity contribution is -0.141. The van der Waals surface area contributed by atoms with Gasteiger partial charge in [-0.15, -0.1) is 6.58 Å². The molecule has 0 bridgehead atoms. The molecule has 0 aliphatic rings. The minimum Gasteiger partial charge on any atom is -0.481 e. The van der Waals surface area contributed by atoms with Crippen molar-refractivity contribution >= 4 is 5.97 Å². The Balaban J connectivity index is 2.67. The molecule has 0 aromatic heterocycles. The second kappa shape index (κ2) is 6.11. The van der Waals surface area contributed by atoms with Crippen molar-refractivity contribution in [2.24, 2.45) is 5.92 Å². The fourth-order valence-corrected chi connectivity index (χ4v) is 1.76. The van der Waals surface area contributed by atoms with Gasteiger partial charge in [0.15, 0.2) is 0 Å². The van der Waals surface area contributed by atoms with Crippen LogP contribution in [0.2, 0.25) is 0 Å². The maximum atomic E-state index is 11.1. The molecule has 0 heterocycles. The van der Waals surface area contributed by atoms with Gasteiger partial charge in [0, 0.05) is 0 Å². The average Bonchev–Trinajstić information content (AvgIpc) is 2.24. The molecule has 16 heavy (non-hydrogen) atoms. The normalized spacial score (nSPS) is 12.1. The Labute approximate surface area is 96.6 Å². The number of allylic oxidation sites excluding steroid dienone is 1. The molecule has 1 atom stereocenters. The van der Waals surface area contributed by atoms with Crippen molar-refractivity contribution in [2.45, 2.75) is 26.2 Å². The first-order chi connectivity index (χ1) is 7.63. The molecule has 0 aliphatic heterocycles. The second-order valence-electron chi connectivity index (χ2n) is 4.09. The van der Waals surface area contributed by atoms with Gasteiger partial charge in [-0.2, -0.15) is 0 Å². The van der Waals surface area contributed by atoms with Gasteiger partial charge in [-0.1, -0.05) is 35.9 Å². The fourth-order valence-electron chi connectivity index (χ4n) is 1.76. The summed E-state index contributed by atoms with van der Waals surface area (Å²) in [6, 6.07) is 8.01. The first-order valence-electron chi connectivity index (χ1n) is 5.52. The molecule has 1 N–H and O–H groups in total. The molecule has 0 saturated heterocycles. The Hall–Kier alpha value is -1.57. The second-order valence-corrected chi connectivity index (χ2v) is 4.09. The van der Waals surface area contributed by atoms with Crippen LogP contribution in [-0.4, -0.2) is 11.1 Å². The number of aryl methyl sites for hydroxylation is 1. The molecule has 0 radical (unpaired) electrons. The summed E-state index contributed by atoms with van der Waals surface area (Å²) >= 11 is 0. The summed E-state index contributed by atoms with van der Waals surface area (Å²) in [5.74, 6) is -1.02. The van der Waals surface area contributed by atoms with E-state index in [2.05, 4.69) is 6.58 Å². The van der Waals surface area contributed by atoms with Crippen LogP contribution in [-0.2, 0) is 11.2 Å². The highest BCUT2D eigenvalue weighted by Gasteiger charge is 2.16. The molecule has 1 unspecified atom stereocenters. The molecule has 0 fully saturated rings. The van der Waals surface area contributed by atoms with Crippen LogP contribution in [0.4, 0.5) is 0 Å². The van der Waals surface area contributed by atoms with E-state index >= 15 is 0 Å². The third-order valence-electron chi connectivity index (χ3n) is 2.63. The summed E-state index contributed by atoms with van der Waals surface area (Å²) < 4.78 is 0. The summed E-state index contributed by atoms with van der Waals surface area (Å²) in [5, 5.41) is 9.10. The number of rotatable bonds is 6. The van der Waals surface area contributed by atoms with Crippen molar-refractivity contribution in [1.82, 2.24) is 0 Å². The highest BCUT2D eigenvalue weighted by Crippen LogP contribution is 2.15. The van der Waals surface area contributed by atoms with E-state index in [1.165, 1.54) is 5.56 Å². The molecule has 1 aromatic carbocycles. The van der Waals surface area contributed by atoms with E-state index in [0.717, 1.165) is 12.0 Å². The van der Waals surface area contributed by atoms with Crippen molar-refractivity contribution < 1.29 is 9.90 Å². The largest absolute Gasteiger partial charge is 0.481 e. The fraction of sp³-hybridized carbons (Fsp3) is 0.357. The van der Waals surface area contributed by atoms with E-state index < -0.39 is 5.97 Å². The zero-order chi connectivity index (χ0) is 12.0. The van der Waals surface area contributed by atoms with Crippen LogP contribution < -0.4 is 0 Å². The zero-order valence-electron chi connectivity index (χ0n) is 9.65. The van der Waals surface area contributed by atoms with E-state index in [1.54, 1.807) is 6.08 Å². The highest BCUT2D eigenvalue weighted by molar-refractivity contribution is 5.70. The molecule has 2 nitrogen and oxygen atoms in total. The monoisotopic (exact) mass is 218 g/mol. The van der Waals surface area contributed by atoms with Crippen molar-refractivity contribution in [2.75, 3.05) is 0 Å². The minimum absolute atomic E-state index is 0.306. The average molecular weight is 218 g/mol. The molecule has 1 aromatic rings. The summed E-state index contributed by atoms with van der Waals surface area (Å²) in [4.78, 5) is 11.1. The standard InChI is InChI=1S/C14H18O2/c1-3-4-8-13(14(15)16)10-12-7-5-6-11(2)9-12/h3,5-7,9,13H,1,4,8,10H2,2H3,(H,15,16). The molecule has 86 valence electrons. The maximum absolute atomic E-state index is 11.1. The summed E-state index contributed by atoms with van der Waals surface area (Å²) in [7, 11) is 0. The summed E-state index contributed by atoms with van der Waals surface area (Å²) in [5.41, 5.74) is 2.27. The lowest BCUT2D eigenvalue weighted by Crippen LogP contribution is -2.16. The Morgan fingerprint density at radius 2 is 2.31 bits per heavy atom. The van der Waals surface area contributed by atoms with Gasteiger partial charge in [0.25, 0.3) is 0 Å². The van der Waals surface area contributed by atoms with Gasteiger partial charge in [-0.05, 0) is 31.7 Å². The summed E-state index contributed by atoms with van der Waals surface area (Å²) in [6.07, 6.45) is 3.78. The van der Waals surface area contributed by atoms with Gasteiger partial charge in [0.2, 0.25) is 0 Å². The third-order valence-corrected chi connectivity index (χ3v) is 2.63. The molecule has 0 aliphatic carbocycles. The van der Waals surface area contributed by atoms with Gasteiger partial charge in [0.05, 0.1) is 5.92 Å². The maximum Gasteiger partial charge on any atom is 0.306 e. The van der Waals surface area contributed by atoms with E-state index in [1.807, 2.05) is 31.2 Å². The molecular formula is C14H18O2. The van der Waals surface area contributed by atoms with Crippen LogP contribution in [0.5, 0.6) is 0 Å². The Morgan fingerprint density at radius 1 is 1.56 bits per heavy atom. The van der Waals surface area contributed by atoms with Crippen LogP contribution in [0.25, 0.3) is 0 Å². The first-order valence-corrected chi connectivity index (χ1v) is 5.52. The lowest BCUT2D eigenvalue weighted by atomic mass is 9.94. The van der Waals surface area contributed by atoms with Gasteiger partial charge >= 0.3 is 5.97 Å². The quantitative estimate of drug-likeness (QED) is 0.744. The molecule has 2 heteroatoms. The first kappa shape index (κ1) is 12.5. The van der Waals surface area contributed by atoms with Crippen LogP contribution >= 0.6 is 0 Å². The minimum atomic E-state index is -0.719. The van der Waals surface area contributed by atoms with E-state index in [0.29, 0.717) is 12.8 Å². The van der Waals surface area contributed by atoms with Gasteiger partial charge in [0.1, 0.15) is 0 Å². The van der Waals surface area contributed by atoms with Crippen LogP contribution in [0, 0.1) is 12.8 Å². The Bertz CT molecular complexity index is 369. The van der Waals surface area contributed by atoms with Crippen molar-refractivity contribution in [3.63, 3.8) is 0 Å². The van der Waals surface area contributed by atoms with E-state index in [4.69, 9.17) is 5.11 Å². The topological polar surface area (TPSA) is 37.3 Å². The van der Waals surface area contributed by atoms with Crippen LogP contribution in [0.3, 0.4) is 0 Å². The number of benzene rings is 1. The Morgan fingerprint density at radius 3 is 2.88 bits per heavy atom. The smallest absolute Gasteiger partial charge is 0.306 e. The molecular weight excluding hydrogens is 200 g/mol. The molecule has 0 spiro atoms. The molecule has 1 rings (SSSR count). The van der Waals surface area contributed by atoms with Crippen LogP contribution in [0.15, 0.2) is 36.9 Å². The number of aliphatic carboxylic acids is 1. The molecule has 0 amide bonds. The van der Waals surface area contributed by atoms with Gasteiger partial charge < -0.3 is 5.11 Å². The highest BCUT2D eigenvalue weighted by atomic mass is 16.4. The number of carboxylic acids is 1. The Kier molecular flexibility index (Phi) is 4.77. The van der Waals surface area contributed by atoms with Gasteiger partial charge in [-0.3, -0.25) is 4.79 Å². The number of hydrogen-bond donors (Lipinski definition) is 1. The zero-order valence-corrected chi connectivity index (χ0v) is 9.65. The number of hydrogen-bond acceptors (Lipinski definition) is 1. The third kappa shape index (κ3) is 3.89. The summed E-state index contributed by atoms with van der Waals surface area (Å²) in [6.45, 7) is 5.64. The van der Waals surface area contributed by atoms with Gasteiger partial charge in [-0.25, -0.2) is 0 Å². The van der Waals surface area contributed by atoms with Crippen molar-refractivity contribution in [3.05, 3.63) is 48.0 Å². The predicted octanol–water partition coefficient (Wildman–Crippen LogP) is 3.20. The molecule has 0 saturated carbocycles. The lowest BCUT2D eigenvalue weighted by Gasteiger charge is -2.11. The van der Waals surface area contributed by atoms with Crippen molar-refractivity contribution in [1.29, 1.82) is 0 Å². The van der Waals surface area contributed by atoms with Crippen LogP contribution in [0.1, 0.15) is 24.0 Å². The SMILES string of the molecule is C=CCCC(Cc1cccc(C)c1)C(=O)O. The number of carboxylic acid groups (broad SMARTS) is 1. The van der Waals surface area contributed by atoms with E-state index in [-0.39, 0.29) is 5.92 Å². The van der Waals surface area contributed by atoms with Crippen molar-refractivity contribution in [3.8, 4) is 0 Å². The van der Waals surface area contributed by atoms with E-state index in [9.17, 15) is 4.79 Å².